The number of carbonyl (C=O) groups excluding carboxylic acids is 1. The van der Waals surface area contributed by atoms with Crippen molar-refractivity contribution in [2.45, 2.75) is 13.3 Å². The first-order chi connectivity index (χ1) is 9.15. The Kier molecular flexibility index (Phi) is 2.63. The maximum absolute atomic E-state index is 12.3. The Morgan fingerprint density at radius 2 is 2.21 bits per heavy atom. The number of Topliss-reactive ketones (excluding diaryl/α,β-unsaturated/α-hetero) is 1. The van der Waals surface area contributed by atoms with Gasteiger partial charge in [-0.25, -0.2) is 4.52 Å². The Morgan fingerprint density at radius 3 is 2.95 bits per heavy atom. The predicted molar refractivity (Wildman–Crippen MR) is 69.0 cm³/mol. The number of rotatable bonds is 3. The van der Waals surface area contributed by atoms with Crippen molar-refractivity contribution in [3.8, 4) is 0 Å². The predicted octanol–water partition coefficient (Wildman–Crippen LogP) is 1.20. The molecular weight excluding hydrogens is 242 g/mol. The minimum absolute atomic E-state index is 0.0194. The number of ketones is 1. The molecular formula is C13H13N5O. The van der Waals surface area contributed by atoms with E-state index >= 15 is 0 Å². The van der Waals surface area contributed by atoms with E-state index in [0.717, 1.165) is 16.9 Å². The third kappa shape index (κ3) is 2.01. The number of fused-ring (bicyclic) bond motifs is 1. The molecule has 0 bridgehead atoms. The SMILES string of the molecule is Cc1cc(CC(=O)c2cnn3ccncc23)n(C)n1. The summed E-state index contributed by atoms with van der Waals surface area (Å²) in [6.45, 7) is 1.91. The molecule has 0 amide bonds. The number of aryl methyl sites for hydroxylation is 2. The van der Waals surface area contributed by atoms with E-state index in [-0.39, 0.29) is 5.78 Å². The highest BCUT2D eigenvalue weighted by Crippen LogP contribution is 2.13. The Balaban J connectivity index is 1.94. The van der Waals surface area contributed by atoms with Crippen molar-refractivity contribution in [2.24, 2.45) is 7.05 Å². The quantitative estimate of drug-likeness (QED) is 0.659. The fraction of sp³-hybridized carbons (Fsp3) is 0.231. The lowest BCUT2D eigenvalue weighted by Crippen LogP contribution is -2.07. The maximum Gasteiger partial charge on any atom is 0.172 e. The minimum atomic E-state index is 0.0194. The van der Waals surface area contributed by atoms with E-state index in [4.69, 9.17) is 0 Å². The molecule has 0 aliphatic carbocycles. The van der Waals surface area contributed by atoms with E-state index < -0.39 is 0 Å². The highest BCUT2D eigenvalue weighted by Gasteiger charge is 2.15. The summed E-state index contributed by atoms with van der Waals surface area (Å²) in [7, 11) is 1.84. The Morgan fingerprint density at radius 1 is 1.37 bits per heavy atom. The fourth-order valence-corrected chi connectivity index (χ4v) is 2.14. The van der Waals surface area contributed by atoms with Crippen LogP contribution < -0.4 is 0 Å². The average Bonchev–Trinajstić information content (AvgIpc) is 2.93. The zero-order chi connectivity index (χ0) is 13.4. The number of hydrogen-bond acceptors (Lipinski definition) is 4. The van der Waals surface area contributed by atoms with Gasteiger partial charge in [-0.2, -0.15) is 10.2 Å². The zero-order valence-electron chi connectivity index (χ0n) is 10.7. The lowest BCUT2D eigenvalue weighted by atomic mass is 10.1. The highest BCUT2D eigenvalue weighted by molar-refractivity contribution is 6.02. The third-order valence-electron chi connectivity index (χ3n) is 3.07. The van der Waals surface area contributed by atoms with Crippen molar-refractivity contribution in [2.75, 3.05) is 0 Å². The van der Waals surface area contributed by atoms with Crippen molar-refractivity contribution in [1.82, 2.24) is 24.4 Å². The first kappa shape index (κ1) is 11.6. The van der Waals surface area contributed by atoms with Gasteiger partial charge in [-0.1, -0.05) is 0 Å². The molecule has 0 unspecified atom stereocenters. The van der Waals surface area contributed by atoms with E-state index in [1.165, 1.54) is 0 Å². The lowest BCUT2D eigenvalue weighted by Gasteiger charge is -2.00. The smallest absolute Gasteiger partial charge is 0.172 e. The summed E-state index contributed by atoms with van der Waals surface area (Å²) in [5.74, 6) is 0.0194. The fourth-order valence-electron chi connectivity index (χ4n) is 2.14. The lowest BCUT2D eigenvalue weighted by molar-refractivity contribution is 0.0992. The number of hydrogen-bond donors (Lipinski definition) is 0. The van der Waals surface area contributed by atoms with Crippen LogP contribution in [-0.2, 0) is 13.5 Å². The van der Waals surface area contributed by atoms with Gasteiger partial charge in [0.1, 0.15) is 0 Å². The molecule has 6 heteroatoms. The van der Waals surface area contributed by atoms with Crippen LogP contribution in [0.15, 0.2) is 30.9 Å². The molecule has 0 N–H and O–H groups in total. The van der Waals surface area contributed by atoms with Gasteiger partial charge in [0.2, 0.25) is 0 Å². The van der Waals surface area contributed by atoms with Crippen molar-refractivity contribution >= 4 is 11.3 Å². The second kappa shape index (κ2) is 4.31. The summed E-state index contributed by atoms with van der Waals surface area (Å²) in [5, 5.41) is 8.38. The van der Waals surface area contributed by atoms with Crippen LogP contribution in [0, 0.1) is 6.92 Å². The van der Waals surface area contributed by atoms with Gasteiger partial charge in [0.15, 0.2) is 5.78 Å². The van der Waals surface area contributed by atoms with Crippen LogP contribution in [0.1, 0.15) is 21.7 Å². The van der Waals surface area contributed by atoms with Crippen LogP contribution in [0.5, 0.6) is 0 Å². The molecule has 0 aliphatic rings. The van der Waals surface area contributed by atoms with Crippen LogP contribution in [0.2, 0.25) is 0 Å². The third-order valence-corrected chi connectivity index (χ3v) is 3.07. The largest absolute Gasteiger partial charge is 0.294 e. The molecule has 6 nitrogen and oxygen atoms in total. The van der Waals surface area contributed by atoms with Gasteiger partial charge in [0.05, 0.1) is 35.6 Å². The van der Waals surface area contributed by atoms with Crippen molar-refractivity contribution in [1.29, 1.82) is 0 Å². The van der Waals surface area contributed by atoms with E-state index in [0.29, 0.717) is 12.0 Å². The van der Waals surface area contributed by atoms with Gasteiger partial charge >= 0.3 is 0 Å². The topological polar surface area (TPSA) is 65.1 Å². The molecule has 0 fully saturated rings. The van der Waals surface area contributed by atoms with Gasteiger partial charge in [-0.3, -0.25) is 14.5 Å². The summed E-state index contributed by atoms with van der Waals surface area (Å²) in [5.41, 5.74) is 3.12. The molecule has 0 spiro atoms. The molecule has 0 radical (unpaired) electrons. The first-order valence-corrected chi connectivity index (χ1v) is 5.95. The number of nitrogens with zero attached hydrogens (tertiary/aromatic N) is 5. The monoisotopic (exact) mass is 255 g/mol. The first-order valence-electron chi connectivity index (χ1n) is 5.95. The number of aromatic nitrogens is 5. The summed E-state index contributed by atoms with van der Waals surface area (Å²) in [6.07, 6.45) is 6.91. The molecule has 0 atom stereocenters. The van der Waals surface area contributed by atoms with Gasteiger partial charge in [0.25, 0.3) is 0 Å². The molecule has 0 aromatic carbocycles. The second-order valence-electron chi connectivity index (χ2n) is 4.46. The summed E-state index contributed by atoms with van der Waals surface area (Å²) >= 11 is 0. The molecule has 19 heavy (non-hydrogen) atoms. The molecule has 3 rings (SSSR count). The minimum Gasteiger partial charge on any atom is -0.294 e. The molecule has 3 aromatic heterocycles. The second-order valence-corrected chi connectivity index (χ2v) is 4.46. The van der Waals surface area contributed by atoms with Gasteiger partial charge in [-0.05, 0) is 13.0 Å². The molecule has 3 heterocycles. The van der Waals surface area contributed by atoms with Crippen LogP contribution in [0.4, 0.5) is 0 Å². The van der Waals surface area contributed by atoms with Crippen LogP contribution in [-0.4, -0.2) is 30.2 Å². The van der Waals surface area contributed by atoms with Crippen LogP contribution in [0.3, 0.4) is 0 Å². The van der Waals surface area contributed by atoms with E-state index in [9.17, 15) is 4.79 Å². The van der Waals surface area contributed by atoms with E-state index in [1.807, 2.05) is 20.0 Å². The molecule has 96 valence electrons. The van der Waals surface area contributed by atoms with Crippen molar-refractivity contribution in [3.63, 3.8) is 0 Å². The zero-order valence-corrected chi connectivity index (χ0v) is 10.7. The van der Waals surface area contributed by atoms with Gasteiger partial charge in [-0.15, -0.1) is 0 Å². The summed E-state index contributed by atoms with van der Waals surface area (Å²) < 4.78 is 3.38. The molecule has 0 aliphatic heterocycles. The Hall–Kier alpha value is -2.50. The van der Waals surface area contributed by atoms with Crippen LogP contribution in [0.25, 0.3) is 5.52 Å². The van der Waals surface area contributed by atoms with Crippen molar-refractivity contribution in [3.05, 3.63) is 47.8 Å². The Labute approximate surface area is 109 Å². The maximum atomic E-state index is 12.3. The number of carbonyl (C=O) groups is 1. The summed E-state index contributed by atoms with van der Waals surface area (Å²) in [4.78, 5) is 16.4. The van der Waals surface area contributed by atoms with E-state index in [1.54, 1.807) is 34.0 Å². The van der Waals surface area contributed by atoms with Gasteiger partial charge < -0.3 is 0 Å². The normalized spacial score (nSPS) is 11.1. The molecule has 3 aromatic rings. The average molecular weight is 255 g/mol. The van der Waals surface area contributed by atoms with Crippen LogP contribution >= 0.6 is 0 Å². The highest BCUT2D eigenvalue weighted by atomic mass is 16.1. The van der Waals surface area contributed by atoms with Crippen molar-refractivity contribution < 1.29 is 4.79 Å². The standard InChI is InChI=1S/C13H13N5O/c1-9-5-10(17(2)16-9)6-13(19)11-7-15-18-4-3-14-8-12(11)18/h3-5,7-8H,6H2,1-2H3. The van der Waals surface area contributed by atoms with E-state index in [2.05, 4.69) is 15.2 Å². The summed E-state index contributed by atoms with van der Waals surface area (Å²) in [6, 6.07) is 1.92. The molecule has 0 saturated carbocycles. The Bertz CT molecular complexity index is 755. The van der Waals surface area contributed by atoms with Gasteiger partial charge in [0, 0.05) is 25.1 Å². The molecule has 0 saturated heterocycles.